The average molecular weight is 587 g/mol. The molecule has 0 radical (unpaired) electrons. The van der Waals surface area contributed by atoms with E-state index >= 15 is 0 Å². The predicted molar refractivity (Wildman–Crippen MR) is 163 cm³/mol. The molecule has 0 aliphatic rings. The van der Waals surface area contributed by atoms with Gasteiger partial charge in [0, 0.05) is 23.6 Å². The summed E-state index contributed by atoms with van der Waals surface area (Å²) in [6.45, 7) is 3.95. The summed E-state index contributed by atoms with van der Waals surface area (Å²) in [4.78, 5) is 38.6. The lowest BCUT2D eigenvalue weighted by Gasteiger charge is -2.32. The van der Waals surface area contributed by atoms with Crippen molar-refractivity contribution in [3.8, 4) is 17.2 Å². The molecule has 0 unspecified atom stereocenters. The van der Waals surface area contributed by atoms with Gasteiger partial charge >= 0.3 is 0 Å². The summed E-state index contributed by atoms with van der Waals surface area (Å²) in [6, 6.07) is 22.5. The summed E-state index contributed by atoms with van der Waals surface area (Å²) in [5.41, 5.74) is 3.65. The minimum Gasteiger partial charge on any atom is -0.497 e. The van der Waals surface area contributed by atoms with Gasteiger partial charge in [-0.3, -0.25) is 9.59 Å². The highest BCUT2D eigenvalue weighted by Gasteiger charge is 2.32. The molecular weight excluding hydrogens is 552 g/mol. The van der Waals surface area contributed by atoms with Crippen molar-refractivity contribution in [3.05, 3.63) is 101 Å². The normalized spacial score (nSPS) is 11.4. The topological polar surface area (TPSA) is 103 Å². The van der Waals surface area contributed by atoms with E-state index in [4.69, 9.17) is 14.2 Å². The Morgan fingerprint density at radius 3 is 2.00 bits per heavy atom. The first-order valence-corrected chi connectivity index (χ1v) is 14.2. The molecule has 0 saturated carbocycles. The molecule has 1 aromatic heterocycles. The third-order valence-corrected chi connectivity index (χ3v) is 7.28. The van der Waals surface area contributed by atoms with Gasteiger partial charge < -0.3 is 24.4 Å². The van der Waals surface area contributed by atoms with Gasteiger partial charge in [-0.25, -0.2) is 9.97 Å². The first-order chi connectivity index (χ1) is 20.3. The van der Waals surface area contributed by atoms with Crippen LogP contribution in [0.1, 0.15) is 28.6 Å². The van der Waals surface area contributed by atoms with Crippen LogP contribution >= 0.6 is 11.8 Å². The van der Waals surface area contributed by atoms with Crippen LogP contribution in [-0.2, 0) is 16.1 Å². The molecule has 0 saturated heterocycles. The fourth-order valence-electron chi connectivity index (χ4n) is 4.39. The Bertz CT molecular complexity index is 1490. The van der Waals surface area contributed by atoms with Crippen LogP contribution < -0.4 is 19.5 Å². The van der Waals surface area contributed by atoms with E-state index in [9.17, 15) is 9.59 Å². The maximum absolute atomic E-state index is 14.0. The minimum atomic E-state index is -0.974. The van der Waals surface area contributed by atoms with Crippen LogP contribution in [0, 0.1) is 13.8 Å². The Balaban J connectivity index is 1.72. The van der Waals surface area contributed by atoms with Crippen LogP contribution in [0.5, 0.6) is 17.2 Å². The van der Waals surface area contributed by atoms with Gasteiger partial charge in [-0.1, -0.05) is 36.0 Å². The number of nitrogens with zero attached hydrogens (tertiary/aromatic N) is 3. The highest BCUT2D eigenvalue weighted by molar-refractivity contribution is 7.99. The van der Waals surface area contributed by atoms with E-state index in [-0.39, 0.29) is 24.1 Å². The van der Waals surface area contributed by atoms with Crippen molar-refractivity contribution < 1.29 is 23.8 Å². The molecule has 2 amide bonds. The summed E-state index contributed by atoms with van der Waals surface area (Å²) in [5.74, 6) is 1.35. The molecule has 218 valence electrons. The minimum absolute atomic E-state index is 0.0370. The van der Waals surface area contributed by atoms with Gasteiger partial charge in [-0.2, -0.15) is 0 Å². The number of aromatic nitrogens is 2. The largest absolute Gasteiger partial charge is 0.497 e. The number of hydrogen-bond acceptors (Lipinski definition) is 8. The second kappa shape index (κ2) is 14.4. The smallest absolute Gasteiger partial charge is 0.251 e. The monoisotopic (exact) mass is 586 g/mol. The predicted octanol–water partition coefficient (Wildman–Crippen LogP) is 5.62. The molecule has 4 rings (SSSR count). The van der Waals surface area contributed by atoms with Crippen molar-refractivity contribution in [1.82, 2.24) is 14.9 Å². The lowest BCUT2D eigenvalue weighted by Crippen LogP contribution is -2.41. The number of aryl methyl sites for hydroxylation is 2. The molecule has 0 bridgehead atoms. The van der Waals surface area contributed by atoms with Gasteiger partial charge in [-0.05, 0) is 79.6 Å². The number of carbonyl (C=O) groups is 2. The van der Waals surface area contributed by atoms with Crippen LogP contribution in [0.3, 0.4) is 0 Å². The van der Waals surface area contributed by atoms with E-state index in [0.29, 0.717) is 33.7 Å². The molecule has 10 heteroatoms. The quantitative estimate of drug-likeness (QED) is 0.169. The molecule has 9 nitrogen and oxygen atoms in total. The molecule has 42 heavy (non-hydrogen) atoms. The summed E-state index contributed by atoms with van der Waals surface area (Å²) >= 11 is 1.24. The van der Waals surface area contributed by atoms with E-state index in [0.717, 1.165) is 17.0 Å². The molecule has 4 aromatic rings. The number of benzene rings is 3. The van der Waals surface area contributed by atoms with Crippen molar-refractivity contribution in [1.29, 1.82) is 0 Å². The summed E-state index contributed by atoms with van der Waals surface area (Å²) in [6.07, 6.45) is 0. The van der Waals surface area contributed by atoms with Gasteiger partial charge in [0.1, 0.15) is 23.3 Å². The maximum Gasteiger partial charge on any atom is 0.251 e. The van der Waals surface area contributed by atoms with Gasteiger partial charge in [0.25, 0.3) is 5.91 Å². The van der Waals surface area contributed by atoms with Crippen LogP contribution in [0.25, 0.3) is 0 Å². The fourth-order valence-corrected chi connectivity index (χ4v) is 5.22. The average Bonchev–Trinajstić information content (AvgIpc) is 3.00. The van der Waals surface area contributed by atoms with E-state index in [1.54, 1.807) is 68.7 Å². The second-order valence-electron chi connectivity index (χ2n) is 9.49. The van der Waals surface area contributed by atoms with E-state index in [2.05, 4.69) is 15.3 Å². The van der Waals surface area contributed by atoms with E-state index < -0.39 is 6.04 Å². The zero-order chi connectivity index (χ0) is 30.1. The second-order valence-corrected chi connectivity index (χ2v) is 10.4. The highest BCUT2D eigenvalue weighted by atomic mass is 32.2. The maximum atomic E-state index is 14.0. The third-order valence-electron chi connectivity index (χ3n) is 6.45. The molecule has 0 aliphatic heterocycles. The molecule has 1 atom stereocenters. The standard InChI is InChI=1S/C32H34N4O5S/c1-21-17-22(2)34-32(33-21)42-20-29(37)36(19-23-9-13-26(39-3)14-10-23)30(24-7-6-8-28(18-24)41-5)31(38)35-25-11-15-27(40-4)16-12-25/h6-18,30H,19-20H2,1-5H3,(H,35,38)/t30-/m1/s1. The lowest BCUT2D eigenvalue weighted by atomic mass is 10.0. The molecular formula is C32H34N4O5S. The number of hydrogen-bond donors (Lipinski definition) is 1. The van der Waals surface area contributed by atoms with Crippen LogP contribution in [-0.4, -0.2) is 53.8 Å². The Hall–Kier alpha value is -4.57. The van der Waals surface area contributed by atoms with Gasteiger partial charge in [0.05, 0.1) is 27.1 Å². The Labute approximate surface area is 250 Å². The lowest BCUT2D eigenvalue weighted by molar-refractivity contribution is -0.137. The summed E-state index contributed by atoms with van der Waals surface area (Å²) in [7, 11) is 4.74. The SMILES string of the molecule is COc1ccc(CN(C(=O)CSc2nc(C)cc(C)n2)[C@@H](C(=O)Nc2ccc(OC)cc2)c2cccc(OC)c2)cc1. The number of methoxy groups -OCH3 is 3. The molecule has 0 aliphatic carbocycles. The van der Waals surface area contributed by atoms with Gasteiger partial charge in [0.2, 0.25) is 5.91 Å². The zero-order valence-corrected chi connectivity index (χ0v) is 25.1. The van der Waals surface area contributed by atoms with Crippen molar-refractivity contribution in [3.63, 3.8) is 0 Å². The number of thioether (sulfide) groups is 1. The first kappa shape index (κ1) is 30.4. The van der Waals surface area contributed by atoms with Gasteiger partial charge in [-0.15, -0.1) is 0 Å². The van der Waals surface area contributed by atoms with Crippen molar-refractivity contribution >= 4 is 29.3 Å². The number of amides is 2. The molecule has 0 spiro atoms. The summed E-state index contributed by atoms with van der Waals surface area (Å²) in [5, 5.41) is 3.48. The van der Waals surface area contributed by atoms with E-state index in [1.807, 2.05) is 50.2 Å². The number of carbonyl (C=O) groups excluding carboxylic acids is 2. The highest BCUT2D eigenvalue weighted by Crippen LogP contribution is 2.30. The van der Waals surface area contributed by atoms with Crippen molar-refractivity contribution in [2.24, 2.45) is 0 Å². The molecule has 1 N–H and O–H groups in total. The van der Waals surface area contributed by atoms with Crippen molar-refractivity contribution in [2.45, 2.75) is 31.6 Å². The number of anilines is 1. The van der Waals surface area contributed by atoms with Gasteiger partial charge in [0.15, 0.2) is 5.16 Å². The van der Waals surface area contributed by atoms with Crippen LogP contribution in [0.15, 0.2) is 84.0 Å². The molecule has 0 fully saturated rings. The Kier molecular flexibility index (Phi) is 10.4. The van der Waals surface area contributed by atoms with Crippen LogP contribution in [0.2, 0.25) is 0 Å². The van der Waals surface area contributed by atoms with Crippen molar-refractivity contribution in [2.75, 3.05) is 32.4 Å². The zero-order valence-electron chi connectivity index (χ0n) is 24.3. The third kappa shape index (κ3) is 8.01. The first-order valence-electron chi connectivity index (χ1n) is 13.3. The molecule has 1 heterocycles. The molecule has 3 aromatic carbocycles. The number of ether oxygens (including phenoxy) is 3. The number of nitrogens with one attached hydrogen (secondary N) is 1. The van der Waals surface area contributed by atoms with E-state index in [1.165, 1.54) is 11.8 Å². The Morgan fingerprint density at radius 2 is 1.40 bits per heavy atom. The van der Waals surface area contributed by atoms with Crippen LogP contribution in [0.4, 0.5) is 5.69 Å². The Morgan fingerprint density at radius 1 is 0.810 bits per heavy atom. The fraction of sp³-hybridized carbons (Fsp3) is 0.250. The number of rotatable bonds is 12. The summed E-state index contributed by atoms with van der Waals surface area (Å²) < 4.78 is 16.0.